The van der Waals surface area contributed by atoms with Gasteiger partial charge in [0.1, 0.15) is 6.17 Å². The Hall–Kier alpha value is -3.89. The Bertz CT molecular complexity index is 1640. The van der Waals surface area contributed by atoms with E-state index in [0.29, 0.717) is 11.2 Å². The van der Waals surface area contributed by atoms with Gasteiger partial charge in [0.15, 0.2) is 0 Å². The fraction of sp³-hybridized carbons (Fsp3) is 0.152. The van der Waals surface area contributed by atoms with Crippen molar-refractivity contribution in [2.45, 2.75) is 17.8 Å². The molecule has 3 atom stereocenters. The molecule has 0 amide bonds. The Labute approximate surface area is 221 Å². The Morgan fingerprint density at radius 3 is 2.68 bits per heavy atom. The van der Waals surface area contributed by atoms with Crippen LogP contribution in [0.4, 0.5) is 11.4 Å². The molecule has 0 fully saturated rings. The smallest absolute Gasteiger partial charge is 0.110 e. The van der Waals surface area contributed by atoms with Crippen molar-refractivity contribution in [3.8, 4) is 11.1 Å². The normalized spacial score (nSPS) is 23.4. The summed E-state index contributed by atoms with van der Waals surface area (Å²) in [6, 6.07) is 33.0. The molecule has 4 aromatic carbocycles. The van der Waals surface area contributed by atoms with Crippen LogP contribution in [0.2, 0.25) is 0 Å². The third kappa shape index (κ3) is 3.36. The van der Waals surface area contributed by atoms with Gasteiger partial charge in [-0.2, -0.15) is 0 Å². The molecule has 180 valence electrons. The summed E-state index contributed by atoms with van der Waals surface area (Å²) in [5.74, 6) is 0.446. The van der Waals surface area contributed by atoms with Gasteiger partial charge >= 0.3 is 0 Å². The quantitative estimate of drug-likeness (QED) is 0.298. The lowest BCUT2D eigenvalue weighted by molar-refractivity contribution is 0.443. The zero-order valence-electron chi connectivity index (χ0n) is 20.4. The first-order valence-electron chi connectivity index (χ1n) is 13.1. The van der Waals surface area contributed by atoms with Gasteiger partial charge in [-0.1, -0.05) is 84.9 Å². The van der Waals surface area contributed by atoms with Crippen LogP contribution in [-0.4, -0.2) is 18.0 Å². The van der Waals surface area contributed by atoms with Crippen molar-refractivity contribution in [1.82, 2.24) is 5.32 Å². The van der Waals surface area contributed by atoms with Gasteiger partial charge in [0.25, 0.3) is 0 Å². The molecule has 0 spiro atoms. The van der Waals surface area contributed by atoms with Crippen LogP contribution >= 0.6 is 11.8 Å². The zero-order chi connectivity index (χ0) is 24.3. The number of rotatable bonds is 2. The summed E-state index contributed by atoms with van der Waals surface area (Å²) in [5, 5.41) is 10.7. The molecule has 4 aromatic rings. The molecule has 0 saturated carbocycles. The minimum atomic E-state index is 0.259. The van der Waals surface area contributed by atoms with Crippen molar-refractivity contribution < 1.29 is 0 Å². The fourth-order valence-corrected chi connectivity index (χ4v) is 7.78. The Balaban J connectivity index is 1.18. The Kier molecular flexibility index (Phi) is 4.77. The van der Waals surface area contributed by atoms with Crippen molar-refractivity contribution in [3.63, 3.8) is 0 Å². The molecular formula is C33H27N3S. The highest BCUT2D eigenvalue weighted by molar-refractivity contribution is 8.04. The van der Waals surface area contributed by atoms with Crippen molar-refractivity contribution in [2.24, 2.45) is 5.92 Å². The highest BCUT2D eigenvalue weighted by Crippen LogP contribution is 2.50. The third-order valence-electron chi connectivity index (χ3n) is 8.12. The van der Waals surface area contributed by atoms with Gasteiger partial charge in [0.05, 0.1) is 11.4 Å². The van der Waals surface area contributed by atoms with Crippen LogP contribution in [0.25, 0.3) is 27.6 Å². The first-order chi connectivity index (χ1) is 18.3. The summed E-state index contributed by atoms with van der Waals surface area (Å²) in [4.78, 5) is 3.99. The van der Waals surface area contributed by atoms with Crippen molar-refractivity contribution in [2.75, 3.05) is 16.8 Å². The zero-order valence-corrected chi connectivity index (χ0v) is 21.2. The minimum absolute atomic E-state index is 0.259. The molecule has 0 radical (unpaired) electrons. The number of nitrogens with zero attached hydrogens (tertiary/aromatic N) is 1. The summed E-state index contributed by atoms with van der Waals surface area (Å²) in [6.45, 7) is 0.939. The van der Waals surface area contributed by atoms with Gasteiger partial charge in [-0.25, -0.2) is 0 Å². The average Bonchev–Trinajstić information content (AvgIpc) is 3.54. The fourth-order valence-electron chi connectivity index (χ4n) is 6.37. The number of thioether (sulfide) groups is 1. The molecule has 2 N–H and O–H groups in total. The van der Waals surface area contributed by atoms with E-state index in [9.17, 15) is 0 Å². The molecule has 1 aliphatic carbocycles. The van der Waals surface area contributed by atoms with E-state index in [-0.39, 0.29) is 6.17 Å². The SMILES string of the molecule is C1=CC2=C(C1)N1c3ccccc3NC1C1CNC(c3cccc(-c4cccc5ccccc45)c3)=CC1S2. The molecule has 4 aliphatic rings. The van der Waals surface area contributed by atoms with Crippen LogP contribution in [0, 0.1) is 5.92 Å². The van der Waals surface area contributed by atoms with Crippen LogP contribution in [0.15, 0.2) is 120 Å². The second kappa shape index (κ2) is 8.32. The van der Waals surface area contributed by atoms with Crippen LogP contribution in [0.3, 0.4) is 0 Å². The predicted octanol–water partition coefficient (Wildman–Crippen LogP) is 7.61. The number of hydrogen-bond acceptors (Lipinski definition) is 4. The van der Waals surface area contributed by atoms with E-state index >= 15 is 0 Å². The van der Waals surface area contributed by atoms with Gasteiger partial charge in [0, 0.05) is 40.4 Å². The number of para-hydroxylation sites is 2. The van der Waals surface area contributed by atoms with Gasteiger partial charge in [-0.05, 0) is 51.7 Å². The molecule has 3 aliphatic heterocycles. The molecule has 3 nitrogen and oxygen atoms in total. The van der Waals surface area contributed by atoms with Crippen LogP contribution < -0.4 is 15.5 Å². The Morgan fingerprint density at radius 1 is 0.838 bits per heavy atom. The van der Waals surface area contributed by atoms with E-state index in [4.69, 9.17) is 0 Å². The monoisotopic (exact) mass is 497 g/mol. The molecule has 3 heterocycles. The topological polar surface area (TPSA) is 27.3 Å². The molecule has 3 unspecified atom stereocenters. The van der Waals surface area contributed by atoms with Gasteiger partial charge in [0.2, 0.25) is 0 Å². The summed E-state index contributed by atoms with van der Waals surface area (Å²) >= 11 is 2.03. The molecule has 8 rings (SSSR count). The molecule has 4 heteroatoms. The molecular weight excluding hydrogens is 470 g/mol. The summed E-state index contributed by atoms with van der Waals surface area (Å²) in [5.41, 5.74) is 9.03. The van der Waals surface area contributed by atoms with E-state index in [0.717, 1.165) is 13.0 Å². The third-order valence-corrected chi connectivity index (χ3v) is 9.51. The maximum atomic E-state index is 3.87. The summed E-state index contributed by atoms with van der Waals surface area (Å²) < 4.78 is 0. The van der Waals surface area contributed by atoms with E-state index in [1.807, 2.05) is 11.8 Å². The lowest BCUT2D eigenvalue weighted by Crippen LogP contribution is -2.49. The lowest BCUT2D eigenvalue weighted by Gasteiger charge is -2.37. The number of fused-ring (bicyclic) bond motifs is 7. The van der Waals surface area contributed by atoms with Crippen molar-refractivity contribution in [1.29, 1.82) is 0 Å². The molecule has 0 aromatic heterocycles. The molecule has 0 saturated heterocycles. The average molecular weight is 498 g/mol. The minimum Gasteiger partial charge on any atom is -0.384 e. The highest BCUT2D eigenvalue weighted by atomic mass is 32.2. The standard InChI is InChI=1S/C33H27N3S/c1-2-12-24-21(8-1)9-6-13-25(24)22-10-5-11-23(18-22)28-19-32-26(20-34-28)33-35-27-14-3-4-15-29(27)36(33)30-16-7-17-31(30)37-32/h1-15,17-19,26,32-35H,16,20H2. The second-order valence-electron chi connectivity index (χ2n) is 10.2. The first kappa shape index (κ1) is 21.2. The van der Waals surface area contributed by atoms with E-state index in [1.165, 1.54) is 55.1 Å². The molecule has 0 bridgehead atoms. The second-order valence-corrected chi connectivity index (χ2v) is 11.4. The number of allylic oxidation sites excluding steroid dienone is 2. The number of anilines is 2. The van der Waals surface area contributed by atoms with Gasteiger partial charge in [-0.15, -0.1) is 11.8 Å². The number of nitrogens with one attached hydrogen (secondary N) is 2. The van der Waals surface area contributed by atoms with E-state index in [2.05, 4.69) is 125 Å². The Morgan fingerprint density at radius 2 is 1.68 bits per heavy atom. The van der Waals surface area contributed by atoms with Crippen LogP contribution in [0.1, 0.15) is 12.0 Å². The van der Waals surface area contributed by atoms with Gasteiger partial charge in [-0.3, -0.25) is 0 Å². The van der Waals surface area contributed by atoms with Crippen LogP contribution in [-0.2, 0) is 0 Å². The predicted molar refractivity (Wildman–Crippen MR) is 157 cm³/mol. The highest BCUT2D eigenvalue weighted by Gasteiger charge is 2.44. The largest absolute Gasteiger partial charge is 0.384 e. The van der Waals surface area contributed by atoms with E-state index in [1.54, 1.807) is 0 Å². The van der Waals surface area contributed by atoms with Gasteiger partial charge < -0.3 is 15.5 Å². The lowest BCUT2D eigenvalue weighted by atomic mass is 9.92. The van der Waals surface area contributed by atoms with Crippen molar-refractivity contribution >= 4 is 39.6 Å². The van der Waals surface area contributed by atoms with E-state index < -0.39 is 0 Å². The molecule has 37 heavy (non-hydrogen) atoms. The first-order valence-corrected chi connectivity index (χ1v) is 14.0. The van der Waals surface area contributed by atoms with Crippen LogP contribution in [0.5, 0.6) is 0 Å². The van der Waals surface area contributed by atoms with Crippen molar-refractivity contribution in [3.05, 3.63) is 125 Å². The number of hydrogen-bond donors (Lipinski definition) is 2. The summed E-state index contributed by atoms with van der Waals surface area (Å²) in [6.07, 6.45) is 8.39. The maximum Gasteiger partial charge on any atom is 0.110 e. The number of benzene rings is 4. The summed E-state index contributed by atoms with van der Waals surface area (Å²) in [7, 11) is 0. The maximum absolute atomic E-state index is 3.87.